The van der Waals surface area contributed by atoms with Gasteiger partial charge in [-0.2, -0.15) is 0 Å². The summed E-state index contributed by atoms with van der Waals surface area (Å²) in [6.45, 7) is 12.0. The first-order valence-electron chi connectivity index (χ1n) is 18.9. The Balaban J connectivity index is 1.95. The summed E-state index contributed by atoms with van der Waals surface area (Å²) >= 11 is 0. The standard InChI is InChI=1S/C39H65NO13/c1-11-30-27(20-42)16-21(2)12-13-28(43)22(3)17-26(14-15-41)35(23(4)29(44)18-31(45)51-30)53-38-34(46)33(40(8)9)36(24(5)50-38)52-32-19-39(7,47)37(48-10)25(6)49-32/h12-13,15-16,22-27,29-30,32-38,42,44,46-47H,11,14,17-20H2,1-10H3/b13-12+,21-16+/t22-,23+,24?,25?,26+,27-,29-,30-,32+,33?,34?,35-,36?,37?,38+,39?/m1/s1. The maximum atomic E-state index is 13.3. The molecule has 0 spiro atoms. The first kappa shape index (κ1) is 45.3. The van der Waals surface area contributed by atoms with Crippen LogP contribution in [0.2, 0.25) is 0 Å². The molecule has 14 heteroatoms. The third-order valence-electron chi connectivity index (χ3n) is 11.1. The van der Waals surface area contributed by atoms with Gasteiger partial charge in [0.05, 0.1) is 49.1 Å². The average Bonchev–Trinajstić information content (AvgIpc) is 3.07. The number of aldehydes is 1. The van der Waals surface area contributed by atoms with Gasteiger partial charge < -0.3 is 58.5 Å². The minimum absolute atomic E-state index is 0.0245. The summed E-state index contributed by atoms with van der Waals surface area (Å²) in [5, 5.41) is 44.6. The van der Waals surface area contributed by atoms with Crippen molar-refractivity contribution in [3.8, 4) is 0 Å². The summed E-state index contributed by atoms with van der Waals surface area (Å²) < 4.78 is 36.6. The molecule has 2 saturated heterocycles. The molecule has 2 fully saturated rings. The van der Waals surface area contributed by atoms with Crippen LogP contribution in [0.1, 0.15) is 80.6 Å². The zero-order valence-electron chi connectivity index (χ0n) is 33.1. The number of carbonyl (C=O) groups excluding carboxylic acids is 3. The van der Waals surface area contributed by atoms with Crippen molar-refractivity contribution in [2.24, 2.45) is 23.7 Å². The number of aliphatic hydroxyl groups is 4. The number of likely N-dealkylation sites (N-methyl/N-ethyl adjacent to an activating group) is 1. The minimum Gasteiger partial charge on any atom is -0.462 e. The quantitative estimate of drug-likeness (QED) is 0.188. The fourth-order valence-electron chi connectivity index (χ4n) is 8.12. The number of carbonyl (C=O) groups is 3. The molecule has 16 atom stereocenters. The topological polar surface area (TPSA) is 191 Å². The molecule has 0 aromatic carbocycles. The molecule has 14 nitrogen and oxygen atoms in total. The largest absolute Gasteiger partial charge is 0.462 e. The van der Waals surface area contributed by atoms with Crippen LogP contribution in [0.5, 0.6) is 0 Å². The van der Waals surface area contributed by atoms with E-state index in [0.717, 1.165) is 6.29 Å². The van der Waals surface area contributed by atoms with E-state index in [-0.39, 0.29) is 31.7 Å². The summed E-state index contributed by atoms with van der Waals surface area (Å²) in [5.74, 6) is -3.33. The highest BCUT2D eigenvalue weighted by atomic mass is 16.7. The zero-order chi connectivity index (χ0) is 39.8. The van der Waals surface area contributed by atoms with Crippen molar-refractivity contribution in [3.63, 3.8) is 0 Å². The summed E-state index contributed by atoms with van der Waals surface area (Å²) in [6, 6.07) is -0.689. The second kappa shape index (κ2) is 20.2. The Morgan fingerprint density at radius 3 is 2.28 bits per heavy atom. The van der Waals surface area contributed by atoms with Crippen molar-refractivity contribution in [2.75, 3.05) is 27.8 Å². The molecule has 0 aliphatic carbocycles. The van der Waals surface area contributed by atoms with Gasteiger partial charge >= 0.3 is 5.97 Å². The van der Waals surface area contributed by atoms with Gasteiger partial charge in [-0.25, -0.2) is 0 Å². The van der Waals surface area contributed by atoms with Gasteiger partial charge in [0, 0.05) is 37.7 Å². The third-order valence-corrected chi connectivity index (χ3v) is 11.1. The van der Waals surface area contributed by atoms with Gasteiger partial charge in [0.2, 0.25) is 0 Å². The molecule has 3 heterocycles. The molecule has 0 aromatic rings. The molecule has 0 bridgehead atoms. The lowest BCUT2D eigenvalue weighted by atomic mass is 9.79. The lowest BCUT2D eigenvalue weighted by molar-refractivity contribution is -0.342. The molecule has 53 heavy (non-hydrogen) atoms. The highest BCUT2D eigenvalue weighted by Gasteiger charge is 2.51. The van der Waals surface area contributed by atoms with Gasteiger partial charge in [-0.15, -0.1) is 0 Å². The van der Waals surface area contributed by atoms with E-state index in [2.05, 4.69) is 0 Å². The Morgan fingerprint density at radius 2 is 1.72 bits per heavy atom. The molecule has 0 radical (unpaired) electrons. The molecule has 0 aromatic heterocycles. The van der Waals surface area contributed by atoms with Gasteiger partial charge in [0.15, 0.2) is 18.4 Å². The van der Waals surface area contributed by atoms with Crippen LogP contribution in [0.15, 0.2) is 23.8 Å². The van der Waals surface area contributed by atoms with Gasteiger partial charge in [-0.05, 0) is 66.6 Å². The molecule has 7 unspecified atom stereocenters. The number of methoxy groups -OCH3 is 1. The summed E-state index contributed by atoms with van der Waals surface area (Å²) in [6.07, 6.45) is -2.86. The minimum atomic E-state index is -1.30. The molecule has 0 saturated carbocycles. The lowest BCUT2D eigenvalue weighted by Crippen LogP contribution is -2.65. The van der Waals surface area contributed by atoms with Crippen LogP contribution in [0.3, 0.4) is 0 Å². The average molecular weight is 756 g/mol. The maximum Gasteiger partial charge on any atom is 0.308 e. The molecule has 3 aliphatic rings. The number of esters is 1. The zero-order valence-corrected chi connectivity index (χ0v) is 33.1. The van der Waals surface area contributed by atoms with Crippen LogP contribution < -0.4 is 0 Å². The van der Waals surface area contributed by atoms with Crippen molar-refractivity contribution in [3.05, 3.63) is 23.8 Å². The molecular formula is C39H65NO13. The van der Waals surface area contributed by atoms with Crippen molar-refractivity contribution in [1.29, 1.82) is 0 Å². The van der Waals surface area contributed by atoms with E-state index in [9.17, 15) is 34.8 Å². The van der Waals surface area contributed by atoms with Crippen molar-refractivity contribution in [2.45, 2.75) is 154 Å². The molecule has 0 amide bonds. The van der Waals surface area contributed by atoms with Crippen molar-refractivity contribution in [1.82, 2.24) is 4.90 Å². The number of nitrogens with zero attached hydrogens (tertiary/aromatic N) is 1. The van der Waals surface area contributed by atoms with E-state index >= 15 is 0 Å². The van der Waals surface area contributed by atoms with Crippen LogP contribution in [0.4, 0.5) is 0 Å². The first-order chi connectivity index (χ1) is 24.9. The smallest absolute Gasteiger partial charge is 0.308 e. The first-order valence-corrected chi connectivity index (χ1v) is 18.9. The number of cyclic esters (lactones) is 1. The van der Waals surface area contributed by atoms with Crippen LogP contribution >= 0.6 is 0 Å². The number of aliphatic hydroxyl groups excluding tert-OH is 3. The van der Waals surface area contributed by atoms with E-state index in [1.165, 1.54) is 13.2 Å². The second-order valence-electron chi connectivity index (χ2n) is 15.7. The number of hydrogen-bond donors (Lipinski definition) is 4. The van der Waals surface area contributed by atoms with Gasteiger partial charge in [0.25, 0.3) is 0 Å². The van der Waals surface area contributed by atoms with E-state index < -0.39 is 109 Å². The van der Waals surface area contributed by atoms with E-state index in [1.807, 2.05) is 6.92 Å². The highest BCUT2D eigenvalue weighted by molar-refractivity contribution is 5.91. The second-order valence-corrected chi connectivity index (χ2v) is 15.7. The van der Waals surface area contributed by atoms with E-state index in [4.69, 9.17) is 28.4 Å². The number of allylic oxidation sites excluding steroid dienone is 3. The van der Waals surface area contributed by atoms with Crippen molar-refractivity contribution >= 4 is 18.0 Å². The normalized spacial score (nSPS) is 44.2. The SMILES string of the molecule is CC[C@H]1OC(=O)C[C@@H](O)[C@H](C)[C@@H](O[C@@H]2OC(C)C(O[C@H]3CC(C)(O)C(OC)C(C)O3)C(N(C)C)C2O)[C@@H](CC=O)C[C@@H](C)C(=O)/C=C/C(C)=C/[C@@H]1CO. The number of ether oxygens (including phenoxy) is 6. The van der Waals surface area contributed by atoms with Crippen LogP contribution in [0.25, 0.3) is 0 Å². The summed E-state index contributed by atoms with van der Waals surface area (Å²) in [7, 11) is 5.07. The molecule has 304 valence electrons. The molecule has 4 N–H and O–H groups in total. The Kier molecular flexibility index (Phi) is 17.2. The van der Waals surface area contributed by atoms with E-state index in [0.29, 0.717) is 12.0 Å². The molecule has 3 aliphatic heterocycles. The lowest BCUT2D eigenvalue weighted by Gasteiger charge is -2.50. The van der Waals surface area contributed by atoms with Crippen LogP contribution in [-0.2, 0) is 42.8 Å². The Labute approximate surface area is 314 Å². The fraction of sp³-hybridized carbons (Fsp3) is 0.821. The van der Waals surface area contributed by atoms with E-state index in [1.54, 1.807) is 72.7 Å². The number of hydrogen-bond acceptors (Lipinski definition) is 14. The maximum absolute atomic E-state index is 13.3. The Morgan fingerprint density at radius 1 is 1.04 bits per heavy atom. The summed E-state index contributed by atoms with van der Waals surface area (Å²) in [4.78, 5) is 40.4. The highest BCUT2D eigenvalue weighted by Crippen LogP contribution is 2.37. The predicted molar refractivity (Wildman–Crippen MR) is 194 cm³/mol. The monoisotopic (exact) mass is 755 g/mol. The fourth-order valence-corrected chi connectivity index (χ4v) is 8.12. The van der Waals surface area contributed by atoms with Gasteiger partial charge in [-0.1, -0.05) is 38.5 Å². The number of ketones is 1. The molecular weight excluding hydrogens is 690 g/mol. The summed E-state index contributed by atoms with van der Waals surface area (Å²) in [5.41, 5.74) is -0.536. The Hall–Kier alpha value is -2.11. The third kappa shape index (κ3) is 11.7. The van der Waals surface area contributed by atoms with Crippen LogP contribution in [-0.4, -0.2) is 144 Å². The van der Waals surface area contributed by atoms with Gasteiger partial charge in [-0.3, -0.25) is 9.59 Å². The van der Waals surface area contributed by atoms with Crippen molar-refractivity contribution < 1.29 is 63.2 Å². The number of rotatable bonds is 10. The molecule has 3 rings (SSSR count). The van der Waals surface area contributed by atoms with Crippen LogP contribution in [0, 0.1) is 23.7 Å². The van der Waals surface area contributed by atoms with Gasteiger partial charge in [0.1, 0.15) is 30.7 Å². The Bertz CT molecular complexity index is 1260. The predicted octanol–water partition coefficient (Wildman–Crippen LogP) is 2.33.